The van der Waals surface area contributed by atoms with Crippen LogP contribution < -0.4 is 0 Å². The number of rotatable bonds is 9. The van der Waals surface area contributed by atoms with Crippen LogP contribution in [0.3, 0.4) is 0 Å². The van der Waals surface area contributed by atoms with Crippen LogP contribution in [0.1, 0.15) is 25.1 Å². The summed E-state index contributed by atoms with van der Waals surface area (Å²) in [5.74, 6) is 1.11. The molecular weight excluding hydrogens is 404 g/mol. The van der Waals surface area contributed by atoms with Crippen LogP contribution in [-0.2, 0) is 16.3 Å². The van der Waals surface area contributed by atoms with Crippen LogP contribution in [0.25, 0.3) is 22.5 Å². The zero-order valence-electron chi connectivity index (χ0n) is 17.4. The van der Waals surface area contributed by atoms with Crippen molar-refractivity contribution < 1.29 is 8.42 Å². The van der Waals surface area contributed by atoms with Gasteiger partial charge in [0.1, 0.15) is 5.82 Å². The minimum absolute atomic E-state index is 0.180. The van der Waals surface area contributed by atoms with E-state index < -0.39 is 9.84 Å². The number of hydrogen-bond donors (Lipinski definition) is 1. The molecule has 1 aromatic heterocycles. The first-order valence-electron chi connectivity index (χ1n) is 10.6. The third kappa shape index (κ3) is 5.30. The van der Waals surface area contributed by atoms with Crippen LogP contribution in [0, 0.1) is 0 Å². The van der Waals surface area contributed by atoms with Crippen molar-refractivity contribution in [1.29, 1.82) is 0 Å². The van der Waals surface area contributed by atoms with Gasteiger partial charge in [-0.15, -0.1) is 0 Å². The lowest BCUT2D eigenvalue weighted by atomic mass is 10.1. The number of hydrogen-bond acceptors (Lipinski definition) is 3. The van der Waals surface area contributed by atoms with Gasteiger partial charge in [-0.2, -0.15) is 0 Å². The van der Waals surface area contributed by atoms with Crippen molar-refractivity contribution in [3.63, 3.8) is 0 Å². The standard InChI is InChI=1S/C26H26N2O2S/c29-31(30,23-17-9-3-10-18-23)20-12-4-11-19-24-27-25(21-13-5-1-6-14-21)26(28-24)22-15-7-2-8-16-22/h1-3,5-10,13-18H,4,11-12,19-20H2,(H,27,28). The Morgan fingerprint density at radius 3 is 1.90 bits per heavy atom. The molecule has 1 N–H and O–H groups in total. The van der Waals surface area contributed by atoms with Gasteiger partial charge in [-0.1, -0.05) is 85.3 Å². The zero-order valence-corrected chi connectivity index (χ0v) is 18.2. The van der Waals surface area contributed by atoms with E-state index in [0.29, 0.717) is 11.3 Å². The van der Waals surface area contributed by atoms with Crippen molar-refractivity contribution in [2.75, 3.05) is 5.75 Å². The van der Waals surface area contributed by atoms with E-state index in [-0.39, 0.29) is 5.75 Å². The van der Waals surface area contributed by atoms with E-state index in [4.69, 9.17) is 4.98 Å². The molecule has 3 aromatic carbocycles. The van der Waals surface area contributed by atoms with Gasteiger partial charge >= 0.3 is 0 Å². The first-order chi connectivity index (χ1) is 15.1. The number of unbranched alkanes of at least 4 members (excludes halogenated alkanes) is 2. The van der Waals surface area contributed by atoms with Crippen molar-refractivity contribution in [2.24, 2.45) is 0 Å². The number of aromatic nitrogens is 2. The molecule has 158 valence electrons. The molecule has 0 fully saturated rings. The number of nitrogens with one attached hydrogen (secondary N) is 1. The van der Waals surface area contributed by atoms with Crippen LogP contribution in [-0.4, -0.2) is 24.1 Å². The summed E-state index contributed by atoms with van der Waals surface area (Å²) in [7, 11) is -3.20. The fourth-order valence-electron chi connectivity index (χ4n) is 3.67. The molecule has 4 nitrogen and oxygen atoms in total. The quantitative estimate of drug-likeness (QED) is 0.335. The molecule has 0 radical (unpaired) electrons. The zero-order chi connectivity index (χ0) is 21.5. The van der Waals surface area contributed by atoms with Gasteiger partial charge in [-0.25, -0.2) is 13.4 Å². The fraction of sp³-hybridized carbons (Fsp3) is 0.192. The summed E-state index contributed by atoms with van der Waals surface area (Å²) in [6, 6.07) is 29.1. The van der Waals surface area contributed by atoms with E-state index in [1.165, 1.54) is 0 Å². The van der Waals surface area contributed by atoms with E-state index in [0.717, 1.165) is 47.6 Å². The molecule has 0 atom stereocenters. The number of imidazole rings is 1. The number of benzene rings is 3. The monoisotopic (exact) mass is 430 g/mol. The first kappa shape index (κ1) is 21.1. The lowest BCUT2D eigenvalue weighted by Crippen LogP contribution is -2.06. The van der Waals surface area contributed by atoms with Crippen molar-refractivity contribution in [1.82, 2.24) is 9.97 Å². The minimum Gasteiger partial charge on any atom is -0.341 e. The molecule has 0 spiro atoms. The Labute approximate surface area is 183 Å². The first-order valence-corrected chi connectivity index (χ1v) is 12.3. The predicted molar refractivity (Wildman–Crippen MR) is 126 cm³/mol. The van der Waals surface area contributed by atoms with E-state index in [1.807, 2.05) is 42.5 Å². The summed E-state index contributed by atoms with van der Waals surface area (Å²) >= 11 is 0. The summed E-state index contributed by atoms with van der Waals surface area (Å²) < 4.78 is 24.8. The molecule has 4 aromatic rings. The van der Waals surface area contributed by atoms with Gasteiger partial charge in [0.05, 0.1) is 22.0 Å². The van der Waals surface area contributed by atoms with Crippen LogP contribution in [0.5, 0.6) is 0 Å². The molecule has 0 aliphatic carbocycles. The summed E-state index contributed by atoms with van der Waals surface area (Å²) in [4.78, 5) is 8.78. The van der Waals surface area contributed by atoms with Crippen LogP contribution in [0.15, 0.2) is 95.9 Å². The molecule has 0 unspecified atom stereocenters. The van der Waals surface area contributed by atoms with Crippen molar-refractivity contribution >= 4 is 9.84 Å². The highest BCUT2D eigenvalue weighted by molar-refractivity contribution is 7.91. The largest absolute Gasteiger partial charge is 0.341 e. The summed E-state index contributed by atoms with van der Waals surface area (Å²) in [5, 5.41) is 0. The second-order valence-electron chi connectivity index (χ2n) is 7.58. The van der Waals surface area contributed by atoms with E-state index in [9.17, 15) is 8.42 Å². The SMILES string of the molecule is O=S(=O)(CCCCCc1nc(-c2ccccc2)c(-c2ccccc2)[nH]1)c1ccccc1. The Morgan fingerprint density at radius 2 is 1.26 bits per heavy atom. The topological polar surface area (TPSA) is 62.8 Å². The van der Waals surface area contributed by atoms with Crippen molar-refractivity contribution in [3.05, 3.63) is 96.8 Å². The van der Waals surface area contributed by atoms with Gasteiger partial charge in [0.2, 0.25) is 0 Å². The highest BCUT2D eigenvalue weighted by Crippen LogP contribution is 2.30. The average molecular weight is 431 g/mol. The smallest absolute Gasteiger partial charge is 0.178 e. The molecule has 0 amide bonds. The maximum Gasteiger partial charge on any atom is 0.178 e. The van der Waals surface area contributed by atoms with Gasteiger partial charge in [0, 0.05) is 17.5 Å². The minimum atomic E-state index is -3.20. The van der Waals surface area contributed by atoms with Gasteiger partial charge in [-0.3, -0.25) is 0 Å². The molecule has 31 heavy (non-hydrogen) atoms. The van der Waals surface area contributed by atoms with Crippen molar-refractivity contribution in [2.45, 2.75) is 30.6 Å². The van der Waals surface area contributed by atoms with Crippen LogP contribution >= 0.6 is 0 Å². The molecular formula is C26H26N2O2S. The number of aromatic amines is 1. The molecule has 0 saturated carbocycles. The maximum absolute atomic E-state index is 12.4. The second-order valence-corrected chi connectivity index (χ2v) is 9.69. The Bertz CT molecular complexity index is 1150. The normalized spacial score (nSPS) is 11.5. The molecule has 0 aliphatic rings. The van der Waals surface area contributed by atoms with Gasteiger partial charge in [0.25, 0.3) is 0 Å². The van der Waals surface area contributed by atoms with Gasteiger partial charge in [-0.05, 0) is 25.0 Å². The molecule has 0 aliphatic heterocycles. The summed E-state index contributed by atoms with van der Waals surface area (Å²) in [6.45, 7) is 0. The number of nitrogens with zero attached hydrogens (tertiary/aromatic N) is 1. The highest BCUT2D eigenvalue weighted by atomic mass is 32.2. The number of sulfone groups is 1. The highest BCUT2D eigenvalue weighted by Gasteiger charge is 2.15. The Balaban J connectivity index is 1.41. The molecule has 5 heteroatoms. The van der Waals surface area contributed by atoms with E-state index >= 15 is 0 Å². The number of aryl methyl sites for hydroxylation is 1. The molecule has 0 bridgehead atoms. The van der Waals surface area contributed by atoms with E-state index in [1.54, 1.807) is 24.3 Å². The molecule has 4 rings (SSSR count). The summed E-state index contributed by atoms with van der Waals surface area (Å²) in [6.07, 6.45) is 3.17. The third-order valence-corrected chi connectivity index (χ3v) is 7.11. The fourth-order valence-corrected chi connectivity index (χ4v) is 5.06. The van der Waals surface area contributed by atoms with Crippen LogP contribution in [0.2, 0.25) is 0 Å². The third-order valence-electron chi connectivity index (χ3n) is 5.29. The average Bonchev–Trinajstić information content (AvgIpc) is 3.25. The lowest BCUT2D eigenvalue weighted by molar-refractivity contribution is 0.589. The number of H-pyrrole nitrogens is 1. The van der Waals surface area contributed by atoms with Gasteiger partial charge < -0.3 is 4.98 Å². The van der Waals surface area contributed by atoms with Crippen molar-refractivity contribution in [3.8, 4) is 22.5 Å². The van der Waals surface area contributed by atoms with Crippen LogP contribution in [0.4, 0.5) is 0 Å². The maximum atomic E-state index is 12.4. The Morgan fingerprint density at radius 1 is 0.677 bits per heavy atom. The second kappa shape index (κ2) is 9.75. The lowest BCUT2D eigenvalue weighted by Gasteiger charge is -2.04. The summed E-state index contributed by atoms with van der Waals surface area (Å²) in [5.41, 5.74) is 4.16. The predicted octanol–water partition coefficient (Wildman–Crippen LogP) is 5.93. The van der Waals surface area contributed by atoms with E-state index in [2.05, 4.69) is 29.2 Å². The Hall–Kier alpha value is -3.18. The molecule has 1 heterocycles. The molecule has 0 saturated heterocycles. The van der Waals surface area contributed by atoms with Gasteiger partial charge in [0.15, 0.2) is 9.84 Å². The Kier molecular flexibility index (Phi) is 6.63.